The minimum atomic E-state index is -3.71. The molecule has 1 saturated heterocycles. The van der Waals surface area contributed by atoms with Crippen molar-refractivity contribution in [1.29, 1.82) is 0 Å². The highest BCUT2D eigenvalue weighted by Gasteiger charge is 2.43. The quantitative estimate of drug-likeness (QED) is 0.676. The monoisotopic (exact) mass is 398 g/mol. The summed E-state index contributed by atoms with van der Waals surface area (Å²) in [5.74, 6) is 0.0843. The molecule has 0 aliphatic carbocycles. The lowest BCUT2D eigenvalue weighted by molar-refractivity contribution is -0.141. The third-order valence-corrected chi connectivity index (χ3v) is 7.04. The molecule has 0 amide bonds. The molecule has 0 spiro atoms. The summed E-state index contributed by atoms with van der Waals surface area (Å²) in [6.07, 6.45) is 0.899. The number of hydrogen-bond donors (Lipinski definition) is 0. The Bertz CT molecular complexity index is 769. The van der Waals surface area contributed by atoms with E-state index in [2.05, 4.69) is 0 Å². The van der Waals surface area contributed by atoms with Crippen LogP contribution in [-0.2, 0) is 24.3 Å². The van der Waals surface area contributed by atoms with Gasteiger partial charge in [0.2, 0.25) is 10.0 Å². The highest BCUT2D eigenvalue weighted by atomic mass is 32.2. The largest absolute Gasteiger partial charge is 0.487 e. The average molecular weight is 398 g/mol. The Morgan fingerprint density at radius 2 is 1.96 bits per heavy atom. The van der Waals surface area contributed by atoms with Crippen molar-refractivity contribution >= 4 is 16.0 Å². The van der Waals surface area contributed by atoms with E-state index in [0.717, 1.165) is 0 Å². The summed E-state index contributed by atoms with van der Waals surface area (Å²) in [6.45, 7) is 1.98. The predicted octanol–water partition coefficient (Wildman–Crippen LogP) is 0.722. The number of benzene rings is 1. The Morgan fingerprint density at radius 3 is 2.70 bits per heavy atom. The van der Waals surface area contributed by atoms with Gasteiger partial charge in [-0.05, 0) is 25.0 Å². The molecule has 1 fully saturated rings. The van der Waals surface area contributed by atoms with Crippen LogP contribution in [0, 0.1) is 0 Å². The van der Waals surface area contributed by atoms with Crippen LogP contribution in [0.15, 0.2) is 29.2 Å². The highest BCUT2D eigenvalue weighted by Crippen LogP contribution is 2.36. The fourth-order valence-corrected chi connectivity index (χ4v) is 5.47. The Labute approximate surface area is 160 Å². The lowest BCUT2D eigenvalue weighted by Crippen LogP contribution is -2.48. The second-order valence-corrected chi connectivity index (χ2v) is 8.57. The first-order valence-corrected chi connectivity index (χ1v) is 10.5. The third-order valence-electron chi connectivity index (χ3n) is 5.08. The van der Waals surface area contributed by atoms with Crippen LogP contribution in [-0.4, -0.2) is 82.7 Å². The van der Waals surface area contributed by atoms with E-state index in [1.807, 2.05) is 4.90 Å². The standard InChI is InChI=1S/C18H26N2O6S/c1-24-12-11-20-14-7-9-19(13-18(21)25-2)10-8-15(14)26-16-5-3-4-6-17(16)27(20,22)23/h3-6,14-15H,7-13H2,1-2H3/t14-,15-/m0/s1. The first-order chi connectivity index (χ1) is 13.0. The van der Waals surface area contributed by atoms with Crippen LogP contribution in [0.1, 0.15) is 12.8 Å². The van der Waals surface area contributed by atoms with Crippen LogP contribution in [0.25, 0.3) is 0 Å². The minimum Gasteiger partial charge on any atom is -0.487 e. The molecule has 2 heterocycles. The number of sulfonamides is 1. The fourth-order valence-electron chi connectivity index (χ4n) is 3.68. The number of ether oxygens (including phenoxy) is 3. The van der Waals surface area contributed by atoms with Crippen molar-refractivity contribution in [2.75, 3.05) is 47.0 Å². The smallest absolute Gasteiger partial charge is 0.319 e. The number of carbonyl (C=O) groups is 1. The van der Waals surface area contributed by atoms with Crippen LogP contribution in [0.5, 0.6) is 5.75 Å². The number of rotatable bonds is 5. The number of fused-ring (bicyclic) bond motifs is 2. The van der Waals surface area contributed by atoms with Gasteiger partial charge in [0, 0.05) is 26.7 Å². The Hall–Kier alpha value is -1.68. The molecule has 0 bridgehead atoms. The van der Waals surface area contributed by atoms with Crippen molar-refractivity contribution in [3.63, 3.8) is 0 Å². The molecular formula is C18H26N2O6S. The zero-order valence-corrected chi connectivity index (χ0v) is 16.5. The van der Waals surface area contributed by atoms with E-state index >= 15 is 0 Å². The van der Waals surface area contributed by atoms with Crippen molar-refractivity contribution in [2.45, 2.75) is 29.9 Å². The molecular weight excluding hydrogens is 372 g/mol. The van der Waals surface area contributed by atoms with Crippen molar-refractivity contribution in [3.05, 3.63) is 24.3 Å². The van der Waals surface area contributed by atoms with Gasteiger partial charge in [0.25, 0.3) is 0 Å². The number of carbonyl (C=O) groups excluding carboxylic acids is 1. The van der Waals surface area contributed by atoms with E-state index in [9.17, 15) is 13.2 Å². The van der Waals surface area contributed by atoms with Gasteiger partial charge in [-0.15, -0.1) is 0 Å². The van der Waals surface area contributed by atoms with Crippen molar-refractivity contribution < 1.29 is 27.4 Å². The van der Waals surface area contributed by atoms with Gasteiger partial charge < -0.3 is 14.2 Å². The molecule has 2 aliphatic heterocycles. The first kappa shape index (κ1) is 20.1. The number of esters is 1. The molecule has 1 aromatic rings. The second kappa shape index (κ2) is 8.55. The van der Waals surface area contributed by atoms with Gasteiger partial charge in [0.05, 0.1) is 26.3 Å². The van der Waals surface area contributed by atoms with Crippen molar-refractivity contribution in [3.8, 4) is 5.75 Å². The van der Waals surface area contributed by atoms with E-state index in [0.29, 0.717) is 38.3 Å². The van der Waals surface area contributed by atoms with Crippen LogP contribution in [0.4, 0.5) is 0 Å². The predicted molar refractivity (Wildman–Crippen MR) is 98.1 cm³/mol. The highest BCUT2D eigenvalue weighted by molar-refractivity contribution is 7.89. The van der Waals surface area contributed by atoms with Crippen LogP contribution in [0.2, 0.25) is 0 Å². The first-order valence-electron chi connectivity index (χ1n) is 9.03. The minimum absolute atomic E-state index is 0.192. The molecule has 0 N–H and O–H groups in total. The Morgan fingerprint density at radius 1 is 1.22 bits per heavy atom. The number of hydrogen-bond acceptors (Lipinski definition) is 7. The van der Waals surface area contributed by atoms with Gasteiger partial charge >= 0.3 is 5.97 Å². The maximum Gasteiger partial charge on any atom is 0.319 e. The maximum absolute atomic E-state index is 13.3. The van der Waals surface area contributed by atoms with E-state index < -0.39 is 10.0 Å². The van der Waals surface area contributed by atoms with Crippen LogP contribution < -0.4 is 4.74 Å². The lowest BCUT2D eigenvalue weighted by atomic mass is 10.1. The van der Waals surface area contributed by atoms with Gasteiger partial charge in [0.15, 0.2) is 0 Å². The summed E-state index contributed by atoms with van der Waals surface area (Å²) < 4.78 is 44.2. The summed E-state index contributed by atoms with van der Waals surface area (Å²) >= 11 is 0. The second-order valence-electron chi connectivity index (χ2n) is 6.71. The topological polar surface area (TPSA) is 85.4 Å². The van der Waals surface area contributed by atoms with E-state index in [-0.39, 0.29) is 36.1 Å². The van der Waals surface area contributed by atoms with Gasteiger partial charge in [-0.2, -0.15) is 4.31 Å². The van der Waals surface area contributed by atoms with Gasteiger partial charge in [-0.25, -0.2) is 8.42 Å². The molecule has 8 nitrogen and oxygen atoms in total. The van der Waals surface area contributed by atoms with E-state index in [4.69, 9.17) is 14.2 Å². The number of likely N-dealkylation sites (tertiary alicyclic amines) is 1. The molecule has 150 valence electrons. The van der Waals surface area contributed by atoms with Gasteiger partial charge in [-0.3, -0.25) is 9.69 Å². The molecule has 0 radical (unpaired) electrons. The van der Waals surface area contributed by atoms with Crippen molar-refractivity contribution in [2.24, 2.45) is 0 Å². The summed E-state index contributed by atoms with van der Waals surface area (Å²) in [5, 5.41) is 0. The summed E-state index contributed by atoms with van der Waals surface area (Å²) in [6, 6.07) is 6.43. The molecule has 0 saturated carbocycles. The molecule has 2 aliphatic rings. The van der Waals surface area contributed by atoms with Crippen LogP contribution in [0.3, 0.4) is 0 Å². The van der Waals surface area contributed by atoms with Gasteiger partial charge in [0.1, 0.15) is 16.7 Å². The molecule has 2 atom stereocenters. The van der Waals surface area contributed by atoms with E-state index in [1.54, 1.807) is 31.4 Å². The molecule has 0 aromatic heterocycles. The summed E-state index contributed by atoms with van der Waals surface area (Å²) in [7, 11) is -0.788. The molecule has 1 aromatic carbocycles. The summed E-state index contributed by atoms with van der Waals surface area (Å²) in [4.78, 5) is 13.8. The SMILES string of the molecule is COCCN1[C@H]2CCN(CC(=O)OC)CC[C@@H]2Oc2ccccc2S1(=O)=O. The third kappa shape index (κ3) is 4.26. The van der Waals surface area contributed by atoms with Crippen LogP contribution >= 0.6 is 0 Å². The molecule has 27 heavy (non-hydrogen) atoms. The number of para-hydroxylation sites is 1. The van der Waals surface area contributed by atoms with E-state index in [1.165, 1.54) is 11.4 Å². The molecule has 9 heteroatoms. The molecule has 0 unspecified atom stereocenters. The maximum atomic E-state index is 13.3. The van der Waals surface area contributed by atoms with Gasteiger partial charge in [-0.1, -0.05) is 12.1 Å². The number of nitrogens with zero attached hydrogens (tertiary/aromatic N) is 2. The lowest BCUT2D eigenvalue weighted by Gasteiger charge is -2.31. The number of methoxy groups -OCH3 is 2. The zero-order valence-electron chi connectivity index (χ0n) is 15.7. The fraction of sp³-hybridized carbons (Fsp3) is 0.611. The zero-order chi connectivity index (χ0) is 19.4. The Balaban J connectivity index is 1.92. The van der Waals surface area contributed by atoms with Crippen molar-refractivity contribution in [1.82, 2.24) is 9.21 Å². The summed E-state index contributed by atoms with van der Waals surface area (Å²) in [5.41, 5.74) is 0. The normalized spacial score (nSPS) is 25.4. The Kier molecular flexibility index (Phi) is 6.36. The average Bonchev–Trinajstić information content (AvgIpc) is 2.89. The molecule has 3 rings (SSSR count).